The van der Waals surface area contributed by atoms with Crippen molar-refractivity contribution in [1.29, 1.82) is 0 Å². The summed E-state index contributed by atoms with van der Waals surface area (Å²) in [7, 11) is 0. The van der Waals surface area contributed by atoms with Gasteiger partial charge in [0.1, 0.15) is 0 Å². The van der Waals surface area contributed by atoms with Crippen LogP contribution < -0.4 is 0 Å². The van der Waals surface area contributed by atoms with E-state index in [0.29, 0.717) is 17.7 Å². The van der Waals surface area contributed by atoms with Gasteiger partial charge in [-0.25, -0.2) is 4.79 Å². The molecule has 0 radical (unpaired) electrons. The predicted octanol–water partition coefficient (Wildman–Crippen LogP) is 4.61. The van der Waals surface area contributed by atoms with E-state index in [2.05, 4.69) is 6.92 Å². The van der Waals surface area contributed by atoms with Crippen LogP contribution in [0.4, 0.5) is 0 Å². The zero-order valence-electron chi connectivity index (χ0n) is 13.6. The molecule has 122 valence electrons. The number of carbonyl (C=O) groups is 1. The second kappa shape index (κ2) is 8.49. The van der Waals surface area contributed by atoms with Crippen molar-refractivity contribution in [1.82, 2.24) is 0 Å². The molecule has 3 heteroatoms. The van der Waals surface area contributed by atoms with Gasteiger partial charge >= 0.3 is 5.97 Å². The maximum Gasteiger partial charge on any atom is 0.345 e. The zero-order chi connectivity index (χ0) is 16.5. The summed E-state index contributed by atoms with van der Waals surface area (Å²) in [5.74, 6) is -0.981. The molecule has 0 atom stereocenters. The standard InChI is InChI=1S/C20H24O3/c1-2-3-4-11-16-23-20(19(21)22,17-12-7-5-8-13-17)18-14-9-6-10-15-18/h5-10,12-15H,2-4,11,16H2,1H3,(H,21,22). The van der Waals surface area contributed by atoms with Crippen LogP contribution in [-0.4, -0.2) is 17.7 Å². The summed E-state index contributed by atoms with van der Waals surface area (Å²) in [5.41, 5.74) is -0.155. The molecular weight excluding hydrogens is 288 g/mol. The summed E-state index contributed by atoms with van der Waals surface area (Å²) in [5, 5.41) is 10.0. The van der Waals surface area contributed by atoms with E-state index < -0.39 is 11.6 Å². The summed E-state index contributed by atoms with van der Waals surface area (Å²) < 4.78 is 6.01. The number of unbranched alkanes of at least 4 members (excludes halogenated alkanes) is 3. The number of carboxylic acids is 1. The number of benzene rings is 2. The Morgan fingerprint density at radius 3 is 1.87 bits per heavy atom. The molecule has 0 saturated heterocycles. The molecule has 2 rings (SSSR count). The Balaban J connectivity index is 2.34. The Kier molecular flexibility index (Phi) is 6.36. The number of carboxylic acid groups (broad SMARTS) is 1. The monoisotopic (exact) mass is 312 g/mol. The first-order chi connectivity index (χ1) is 11.2. The minimum absolute atomic E-state index is 0.427. The highest BCUT2D eigenvalue weighted by Crippen LogP contribution is 2.34. The van der Waals surface area contributed by atoms with E-state index in [-0.39, 0.29) is 0 Å². The summed E-state index contributed by atoms with van der Waals surface area (Å²) in [6.07, 6.45) is 4.19. The molecule has 0 saturated carbocycles. The van der Waals surface area contributed by atoms with Crippen LogP contribution >= 0.6 is 0 Å². The van der Waals surface area contributed by atoms with Crippen molar-refractivity contribution in [2.75, 3.05) is 6.61 Å². The van der Waals surface area contributed by atoms with Crippen LogP contribution in [0.3, 0.4) is 0 Å². The minimum atomic E-state index is -1.45. The van der Waals surface area contributed by atoms with Crippen LogP contribution in [0.5, 0.6) is 0 Å². The van der Waals surface area contributed by atoms with Gasteiger partial charge in [0.2, 0.25) is 5.60 Å². The average molecular weight is 312 g/mol. The third-order valence-corrected chi connectivity index (χ3v) is 3.98. The number of hydrogen-bond donors (Lipinski definition) is 1. The normalized spacial score (nSPS) is 11.3. The van der Waals surface area contributed by atoms with Crippen molar-refractivity contribution in [2.45, 2.75) is 38.2 Å². The Hall–Kier alpha value is -2.13. The lowest BCUT2D eigenvalue weighted by Gasteiger charge is -2.31. The third kappa shape index (κ3) is 3.99. The number of aliphatic carboxylic acids is 1. The van der Waals surface area contributed by atoms with E-state index in [1.165, 1.54) is 0 Å². The maximum absolute atomic E-state index is 12.2. The maximum atomic E-state index is 12.2. The molecule has 0 aliphatic rings. The van der Waals surface area contributed by atoms with E-state index in [0.717, 1.165) is 25.7 Å². The molecule has 0 unspecified atom stereocenters. The van der Waals surface area contributed by atoms with Crippen LogP contribution in [0.15, 0.2) is 60.7 Å². The molecule has 23 heavy (non-hydrogen) atoms. The fourth-order valence-electron chi connectivity index (χ4n) is 2.74. The van der Waals surface area contributed by atoms with Crippen molar-refractivity contribution in [3.63, 3.8) is 0 Å². The Morgan fingerprint density at radius 1 is 0.913 bits per heavy atom. The lowest BCUT2D eigenvalue weighted by molar-refractivity contribution is -0.162. The largest absolute Gasteiger partial charge is 0.479 e. The van der Waals surface area contributed by atoms with Crippen LogP contribution in [0.2, 0.25) is 0 Å². The number of ether oxygens (including phenoxy) is 1. The van der Waals surface area contributed by atoms with Gasteiger partial charge in [0.25, 0.3) is 0 Å². The minimum Gasteiger partial charge on any atom is -0.479 e. The second-order valence-corrected chi connectivity index (χ2v) is 5.63. The molecule has 3 nitrogen and oxygen atoms in total. The van der Waals surface area contributed by atoms with Crippen molar-refractivity contribution < 1.29 is 14.6 Å². The summed E-state index contributed by atoms with van der Waals surface area (Å²) in [6, 6.07) is 18.4. The van der Waals surface area contributed by atoms with E-state index >= 15 is 0 Å². The lowest BCUT2D eigenvalue weighted by Crippen LogP contribution is -2.40. The number of rotatable bonds is 9. The molecule has 2 aromatic carbocycles. The highest BCUT2D eigenvalue weighted by molar-refractivity contribution is 5.84. The third-order valence-electron chi connectivity index (χ3n) is 3.98. The van der Waals surface area contributed by atoms with Gasteiger partial charge in [-0.2, -0.15) is 0 Å². The van der Waals surface area contributed by atoms with Crippen LogP contribution in [0, 0.1) is 0 Å². The molecule has 0 aromatic heterocycles. The first kappa shape index (κ1) is 17.2. The smallest absolute Gasteiger partial charge is 0.345 e. The van der Waals surface area contributed by atoms with E-state index in [1.807, 2.05) is 60.7 Å². The quantitative estimate of drug-likeness (QED) is 0.688. The van der Waals surface area contributed by atoms with Crippen molar-refractivity contribution >= 4 is 5.97 Å². The topological polar surface area (TPSA) is 46.5 Å². The van der Waals surface area contributed by atoms with Gasteiger partial charge < -0.3 is 9.84 Å². The predicted molar refractivity (Wildman–Crippen MR) is 91.4 cm³/mol. The van der Waals surface area contributed by atoms with Gasteiger partial charge in [-0.15, -0.1) is 0 Å². The van der Waals surface area contributed by atoms with Gasteiger partial charge in [-0.05, 0) is 17.5 Å². The molecule has 0 spiro atoms. The van der Waals surface area contributed by atoms with Gasteiger partial charge in [0.05, 0.1) is 0 Å². The molecule has 0 aliphatic heterocycles. The van der Waals surface area contributed by atoms with Gasteiger partial charge in [-0.1, -0.05) is 86.8 Å². The average Bonchev–Trinajstić information content (AvgIpc) is 2.59. The van der Waals surface area contributed by atoms with Gasteiger partial charge in [0.15, 0.2) is 0 Å². The second-order valence-electron chi connectivity index (χ2n) is 5.63. The highest BCUT2D eigenvalue weighted by Gasteiger charge is 2.43. The lowest BCUT2D eigenvalue weighted by atomic mass is 9.86. The van der Waals surface area contributed by atoms with Crippen molar-refractivity contribution in [2.24, 2.45) is 0 Å². The Bertz CT molecular complexity index is 553. The fraction of sp³-hybridized carbons (Fsp3) is 0.350. The van der Waals surface area contributed by atoms with E-state index in [4.69, 9.17) is 4.74 Å². The van der Waals surface area contributed by atoms with Crippen LogP contribution in [0.25, 0.3) is 0 Å². The molecule has 0 aliphatic carbocycles. The summed E-state index contributed by atoms with van der Waals surface area (Å²) >= 11 is 0. The highest BCUT2D eigenvalue weighted by atomic mass is 16.5. The van der Waals surface area contributed by atoms with Crippen LogP contribution in [0.1, 0.15) is 43.7 Å². The molecular formula is C20H24O3. The first-order valence-electron chi connectivity index (χ1n) is 8.20. The first-order valence-corrected chi connectivity index (χ1v) is 8.20. The van der Waals surface area contributed by atoms with E-state index in [9.17, 15) is 9.90 Å². The SMILES string of the molecule is CCCCCCOC(C(=O)O)(c1ccccc1)c1ccccc1. The van der Waals surface area contributed by atoms with E-state index in [1.54, 1.807) is 0 Å². The Labute approximate surface area is 137 Å². The fourth-order valence-corrected chi connectivity index (χ4v) is 2.74. The molecule has 0 heterocycles. The summed E-state index contributed by atoms with van der Waals surface area (Å²) in [6.45, 7) is 2.58. The molecule has 1 N–H and O–H groups in total. The van der Waals surface area contributed by atoms with Gasteiger partial charge in [0, 0.05) is 6.61 Å². The van der Waals surface area contributed by atoms with Crippen LogP contribution in [-0.2, 0) is 15.1 Å². The molecule has 2 aromatic rings. The molecule has 0 bridgehead atoms. The Morgan fingerprint density at radius 2 is 1.43 bits per heavy atom. The molecule has 0 amide bonds. The summed E-state index contributed by atoms with van der Waals surface area (Å²) in [4.78, 5) is 12.2. The van der Waals surface area contributed by atoms with Crippen molar-refractivity contribution in [3.05, 3.63) is 71.8 Å². The zero-order valence-corrected chi connectivity index (χ0v) is 13.6. The van der Waals surface area contributed by atoms with Crippen molar-refractivity contribution in [3.8, 4) is 0 Å². The molecule has 0 fully saturated rings. The number of hydrogen-bond acceptors (Lipinski definition) is 2. The van der Waals surface area contributed by atoms with Gasteiger partial charge in [-0.3, -0.25) is 0 Å².